The van der Waals surface area contributed by atoms with Gasteiger partial charge in [0.05, 0.1) is 0 Å². The van der Waals surface area contributed by atoms with Gasteiger partial charge in [0, 0.05) is 5.69 Å². The zero-order chi connectivity index (χ0) is 13.5. The first-order valence-corrected chi connectivity index (χ1v) is 6.23. The van der Waals surface area contributed by atoms with Gasteiger partial charge in [-0.2, -0.15) is 9.97 Å². The van der Waals surface area contributed by atoms with Crippen molar-refractivity contribution in [1.29, 1.82) is 0 Å². The van der Waals surface area contributed by atoms with Crippen LogP contribution in [0.3, 0.4) is 0 Å². The first-order valence-electron chi connectivity index (χ1n) is 5.85. The van der Waals surface area contributed by atoms with Crippen LogP contribution >= 0.6 is 11.6 Å². The normalized spacial score (nSPS) is 9.39. The van der Waals surface area contributed by atoms with Crippen molar-refractivity contribution in [1.82, 2.24) is 15.0 Å². The molecule has 0 fully saturated rings. The highest BCUT2D eigenvalue weighted by molar-refractivity contribution is 6.28. The lowest BCUT2D eigenvalue weighted by Gasteiger charge is -2.05. The minimum Gasteiger partial charge on any atom is -0.324 e. The Balaban J connectivity index is 0.000000771. The van der Waals surface area contributed by atoms with Gasteiger partial charge in [0.2, 0.25) is 11.2 Å². The third kappa shape index (κ3) is 4.30. The molecule has 0 atom stereocenters. The molecule has 0 unspecified atom stereocenters. The number of aryl methyl sites for hydroxylation is 2. The average Bonchev–Trinajstić information content (AvgIpc) is 2.30. The van der Waals surface area contributed by atoms with Crippen LogP contribution in [0, 0.1) is 13.8 Å². The maximum Gasteiger partial charge on any atom is 0.231 e. The zero-order valence-electron chi connectivity index (χ0n) is 11.0. The number of halogens is 1. The van der Waals surface area contributed by atoms with E-state index in [1.54, 1.807) is 6.92 Å². The van der Waals surface area contributed by atoms with Gasteiger partial charge in [-0.05, 0) is 43.1 Å². The number of rotatable bonds is 2. The van der Waals surface area contributed by atoms with Gasteiger partial charge in [-0.15, -0.1) is 0 Å². The van der Waals surface area contributed by atoms with Crippen LogP contribution < -0.4 is 5.32 Å². The van der Waals surface area contributed by atoms with Gasteiger partial charge in [-0.1, -0.05) is 26.0 Å². The van der Waals surface area contributed by atoms with E-state index in [1.807, 2.05) is 45.0 Å². The molecular formula is C13H17ClN4. The molecule has 0 saturated carbocycles. The SMILES string of the molecule is CC.Cc1cccc(Nc2nc(C)nc(Cl)n2)c1. The maximum absolute atomic E-state index is 5.75. The first-order chi connectivity index (χ1) is 8.63. The zero-order valence-corrected chi connectivity index (χ0v) is 11.8. The van der Waals surface area contributed by atoms with Gasteiger partial charge in [0.1, 0.15) is 5.82 Å². The summed E-state index contributed by atoms with van der Waals surface area (Å²) in [5.41, 5.74) is 2.10. The molecule has 2 aromatic rings. The Labute approximate surface area is 112 Å². The molecule has 0 amide bonds. The van der Waals surface area contributed by atoms with Crippen molar-refractivity contribution >= 4 is 23.2 Å². The smallest absolute Gasteiger partial charge is 0.231 e. The van der Waals surface area contributed by atoms with Gasteiger partial charge in [-0.25, -0.2) is 4.98 Å². The lowest BCUT2D eigenvalue weighted by atomic mass is 10.2. The highest BCUT2D eigenvalue weighted by Crippen LogP contribution is 2.15. The summed E-state index contributed by atoms with van der Waals surface area (Å²) in [4.78, 5) is 12.0. The molecule has 5 heteroatoms. The quantitative estimate of drug-likeness (QED) is 0.893. The molecule has 1 N–H and O–H groups in total. The summed E-state index contributed by atoms with van der Waals surface area (Å²) in [7, 11) is 0. The number of hydrogen-bond donors (Lipinski definition) is 1. The van der Waals surface area contributed by atoms with Gasteiger partial charge >= 0.3 is 0 Å². The summed E-state index contributed by atoms with van der Waals surface area (Å²) in [5, 5.41) is 3.28. The molecule has 1 aromatic carbocycles. The molecule has 1 heterocycles. The lowest BCUT2D eigenvalue weighted by molar-refractivity contribution is 0.982. The number of nitrogens with zero attached hydrogens (tertiary/aromatic N) is 3. The van der Waals surface area contributed by atoms with Crippen LogP contribution in [0.4, 0.5) is 11.6 Å². The van der Waals surface area contributed by atoms with Gasteiger partial charge in [0.25, 0.3) is 0 Å². The van der Waals surface area contributed by atoms with Crippen LogP contribution in [0.25, 0.3) is 0 Å². The van der Waals surface area contributed by atoms with Crippen molar-refractivity contribution in [2.24, 2.45) is 0 Å². The lowest BCUT2D eigenvalue weighted by Crippen LogP contribution is -2.01. The van der Waals surface area contributed by atoms with Crippen molar-refractivity contribution in [3.05, 3.63) is 40.9 Å². The standard InChI is InChI=1S/C11H11ClN4.C2H6/c1-7-4-3-5-9(6-7)15-11-14-8(2)13-10(12)16-11;1-2/h3-6H,1-2H3,(H,13,14,15,16);1-2H3. The molecule has 1 aromatic heterocycles. The maximum atomic E-state index is 5.75. The molecule has 0 aliphatic heterocycles. The van der Waals surface area contributed by atoms with E-state index in [9.17, 15) is 0 Å². The second kappa shape index (κ2) is 6.91. The highest BCUT2D eigenvalue weighted by Gasteiger charge is 2.02. The van der Waals surface area contributed by atoms with Crippen molar-refractivity contribution < 1.29 is 0 Å². The molecule has 0 saturated heterocycles. The highest BCUT2D eigenvalue weighted by atomic mass is 35.5. The predicted octanol–water partition coefficient (Wildman–Crippen LogP) is 3.91. The van der Waals surface area contributed by atoms with Crippen LogP contribution in [0.15, 0.2) is 24.3 Å². The Bertz CT molecular complexity index is 494. The molecule has 0 spiro atoms. The number of nitrogens with one attached hydrogen (secondary N) is 1. The van der Waals surface area contributed by atoms with Crippen molar-refractivity contribution in [2.45, 2.75) is 27.7 Å². The van der Waals surface area contributed by atoms with E-state index in [1.165, 1.54) is 5.56 Å². The van der Waals surface area contributed by atoms with Gasteiger partial charge in [0.15, 0.2) is 0 Å². The Morgan fingerprint density at radius 3 is 2.39 bits per heavy atom. The summed E-state index contributed by atoms with van der Waals surface area (Å²) < 4.78 is 0. The summed E-state index contributed by atoms with van der Waals surface area (Å²) >= 11 is 5.75. The Hall–Kier alpha value is -1.68. The van der Waals surface area contributed by atoms with E-state index < -0.39 is 0 Å². The Morgan fingerprint density at radius 2 is 1.78 bits per heavy atom. The minimum atomic E-state index is 0.197. The summed E-state index contributed by atoms with van der Waals surface area (Å²) in [6, 6.07) is 7.94. The fraction of sp³-hybridized carbons (Fsp3) is 0.308. The monoisotopic (exact) mass is 264 g/mol. The molecule has 2 rings (SSSR count). The van der Waals surface area contributed by atoms with Crippen LogP contribution in [0.1, 0.15) is 25.2 Å². The van der Waals surface area contributed by atoms with Crippen LogP contribution in [0.2, 0.25) is 5.28 Å². The molecule has 4 nitrogen and oxygen atoms in total. The first kappa shape index (κ1) is 14.4. The second-order valence-corrected chi connectivity index (χ2v) is 3.81. The van der Waals surface area contributed by atoms with E-state index in [2.05, 4.69) is 20.3 Å². The molecule has 0 radical (unpaired) electrons. The number of anilines is 2. The summed E-state index contributed by atoms with van der Waals surface area (Å²) in [6.45, 7) is 7.80. The summed E-state index contributed by atoms with van der Waals surface area (Å²) in [5.74, 6) is 1.05. The van der Waals surface area contributed by atoms with E-state index in [4.69, 9.17) is 11.6 Å². The fourth-order valence-corrected chi connectivity index (χ4v) is 1.56. The van der Waals surface area contributed by atoms with Crippen LogP contribution in [0.5, 0.6) is 0 Å². The molecular weight excluding hydrogens is 248 g/mol. The van der Waals surface area contributed by atoms with Crippen molar-refractivity contribution in [3.8, 4) is 0 Å². The molecule has 0 bridgehead atoms. The van der Waals surface area contributed by atoms with Gasteiger partial charge < -0.3 is 5.32 Å². The van der Waals surface area contributed by atoms with Crippen LogP contribution in [-0.4, -0.2) is 15.0 Å². The largest absolute Gasteiger partial charge is 0.324 e. The second-order valence-electron chi connectivity index (χ2n) is 3.47. The predicted molar refractivity (Wildman–Crippen MR) is 75.4 cm³/mol. The third-order valence-corrected chi connectivity index (χ3v) is 2.16. The third-order valence-electron chi connectivity index (χ3n) is 1.99. The van der Waals surface area contributed by atoms with E-state index in [-0.39, 0.29) is 5.28 Å². The molecule has 0 aliphatic carbocycles. The molecule has 0 aliphatic rings. The molecule has 18 heavy (non-hydrogen) atoms. The van der Waals surface area contributed by atoms with Crippen molar-refractivity contribution in [2.75, 3.05) is 5.32 Å². The number of aromatic nitrogens is 3. The summed E-state index contributed by atoms with van der Waals surface area (Å²) in [6.07, 6.45) is 0. The van der Waals surface area contributed by atoms with E-state index in [0.717, 1.165) is 5.69 Å². The minimum absolute atomic E-state index is 0.197. The van der Waals surface area contributed by atoms with E-state index >= 15 is 0 Å². The topological polar surface area (TPSA) is 50.7 Å². The Kier molecular flexibility index (Phi) is 5.52. The van der Waals surface area contributed by atoms with Gasteiger partial charge in [-0.3, -0.25) is 0 Å². The van der Waals surface area contributed by atoms with E-state index in [0.29, 0.717) is 11.8 Å². The van der Waals surface area contributed by atoms with Crippen LogP contribution in [-0.2, 0) is 0 Å². The van der Waals surface area contributed by atoms with Crippen molar-refractivity contribution in [3.63, 3.8) is 0 Å². The Morgan fingerprint density at radius 1 is 1.06 bits per heavy atom. The molecule has 96 valence electrons. The number of benzene rings is 1. The fourth-order valence-electron chi connectivity index (χ4n) is 1.36. The average molecular weight is 265 g/mol. The number of hydrogen-bond acceptors (Lipinski definition) is 4.